The van der Waals surface area contributed by atoms with Crippen LogP contribution in [-0.2, 0) is 13.6 Å². The number of hydrogen-bond acceptors (Lipinski definition) is 4. The molecule has 0 amide bonds. The second-order valence-electron chi connectivity index (χ2n) is 9.35. The number of imidazole rings is 2. The Morgan fingerprint density at radius 2 is 1.64 bits per heavy atom. The maximum absolute atomic E-state index is 13.7. The van der Waals surface area contributed by atoms with Gasteiger partial charge in [0.1, 0.15) is 5.82 Å². The third-order valence-electron chi connectivity index (χ3n) is 7.09. The number of piperidine rings is 1. The van der Waals surface area contributed by atoms with Crippen LogP contribution >= 0.6 is 0 Å². The molecule has 0 spiro atoms. The zero-order chi connectivity index (χ0) is 24.8. The minimum Gasteiger partial charge on any atom is -0.302 e. The second-order valence-corrected chi connectivity index (χ2v) is 9.35. The van der Waals surface area contributed by atoms with E-state index in [2.05, 4.69) is 4.90 Å². The van der Waals surface area contributed by atoms with Crippen molar-refractivity contribution < 1.29 is 4.39 Å². The molecule has 0 bridgehead atoms. The second kappa shape index (κ2) is 8.91. The largest absolute Gasteiger partial charge is 0.332 e. The van der Waals surface area contributed by atoms with E-state index in [1.165, 1.54) is 27.7 Å². The van der Waals surface area contributed by atoms with Crippen molar-refractivity contribution in [1.29, 1.82) is 0 Å². The number of nitrogens with zero attached hydrogens (tertiary/aromatic N) is 6. The van der Waals surface area contributed by atoms with Gasteiger partial charge in [0.25, 0.3) is 5.56 Å². The average molecular weight is 487 g/mol. The molecule has 0 aliphatic carbocycles. The van der Waals surface area contributed by atoms with Crippen molar-refractivity contribution in [1.82, 2.24) is 28.0 Å². The molecule has 0 saturated carbocycles. The van der Waals surface area contributed by atoms with Crippen LogP contribution in [0.1, 0.15) is 19.3 Å². The number of hydrogen-bond donors (Lipinski definition) is 0. The summed E-state index contributed by atoms with van der Waals surface area (Å²) in [4.78, 5) is 33.9. The fourth-order valence-electron chi connectivity index (χ4n) is 5.17. The first kappa shape index (κ1) is 22.5. The van der Waals surface area contributed by atoms with E-state index in [4.69, 9.17) is 4.98 Å². The maximum Gasteiger partial charge on any atom is 0.332 e. The Hall–Kier alpha value is -3.98. The lowest BCUT2D eigenvalue weighted by molar-refractivity contribution is 0.218. The first-order valence-electron chi connectivity index (χ1n) is 12.3. The molecule has 2 aromatic carbocycles. The van der Waals surface area contributed by atoms with E-state index >= 15 is 0 Å². The van der Waals surface area contributed by atoms with Crippen molar-refractivity contribution in [2.75, 3.05) is 19.6 Å². The lowest BCUT2D eigenvalue weighted by Crippen LogP contribution is -2.43. The fourth-order valence-corrected chi connectivity index (χ4v) is 5.17. The normalized spacial score (nSPS) is 14.7. The Morgan fingerprint density at radius 1 is 0.917 bits per heavy atom. The summed E-state index contributed by atoms with van der Waals surface area (Å²) in [5.74, 6) is 0.145. The molecule has 4 heterocycles. The standard InChI is InChI=1S/C27H27FN6O2/c1-30-24-23(25(35)32(27(30)36)17-16-31-14-6-3-7-15-31)33-18-22(19-8-4-2-5-9-19)34(26(33)29-24)21-12-10-20(28)11-13-21/h2,4-5,8-13,18H,3,6-7,14-17H2,1H3. The minimum atomic E-state index is -0.373. The van der Waals surface area contributed by atoms with Gasteiger partial charge >= 0.3 is 5.69 Å². The quantitative estimate of drug-likeness (QED) is 0.382. The van der Waals surface area contributed by atoms with E-state index in [9.17, 15) is 14.0 Å². The molecule has 9 heteroatoms. The van der Waals surface area contributed by atoms with Crippen LogP contribution in [0.5, 0.6) is 0 Å². The first-order valence-corrected chi connectivity index (χ1v) is 12.3. The molecule has 0 radical (unpaired) electrons. The predicted octanol–water partition coefficient (Wildman–Crippen LogP) is 3.43. The molecule has 6 rings (SSSR count). The molecule has 184 valence electrons. The summed E-state index contributed by atoms with van der Waals surface area (Å²) in [7, 11) is 1.65. The molecule has 1 aliphatic rings. The maximum atomic E-state index is 13.7. The molecule has 1 fully saturated rings. The molecular weight excluding hydrogens is 459 g/mol. The number of likely N-dealkylation sites (tertiary alicyclic amines) is 1. The van der Waals surface area contributed by atoms with Gasteiger partial charge in [0.2, 0.25) is 5.78 Å². The highest BCUT2D eigenvalue weighted by Crippen LogP contribution is 2.28. The van der Waals surface area contributed by atoms with Gasteiger partial charge in [-0.1, -0.05) is 36.8 Å². The number of aromatic nitrogens is 5. The molecule has 36 heavy (non-hydrogen) atoms. The van der Waals surface area contributed by atoms with Crippen molar-refractivity contribution in [2.24, 2.45) is 7.05 Å². The summed E-state index contributed by atoms with van der Waals surface area (Å²) in [5.41, 5.74) is 2.38. The SMILES string of the molecule is Cn1c(=O)n(CCN2CCCCC2)c(=O)c2c1nc1n(-c3ccc(F)cc3)c(-c3ccccc3)cn21. The number of benzene rings is 2. The van der Waals surface area contributed by atoms with Gasteiger partial charge in [0.15, 0.2) is 11.2 Å². The van der Waals surface area contributed by atoms with Crippen LogP contribution in [0.3, 0.4) is 0 Å². The third kappa shape index (κ3) is 3.67. The number of fused-ring (bicyclic) bond motifs is 3. The topological polar surface area (TPSA) is 69.5 Å². The lowest BCUT2D eigenvalue weighted by Gasteiger charge is -2.26. The minimum absolute atomic E-state index is 0.324. The lowest BCUT2D eigenvalue weighted by atomic mass is 10.1. The molecule has 5 aromatic rings. The van der Waals surface area contributed by atoms with Gasteiger partial charge in [-0.25, -0.2) is 9.18 Å². The number of rotatable bonds is 5. The van der Waals surface area contributed by atoms with Crippen LogP contribution in [0.2, 0.25) is 0 Å². The van der Waals surface area contributed by atoms with Gasteiger partial charge in [0.05, 0.1) is 5.69 Å². The molecule has 0 N–H and O–H groups in total. The molecule has 1 aliphatic heterocycles. The number of aryl methyl sites for hydroxylation is 1. The molecule has 8 nitrogen and oxygen atoms in total. The molecule has 0 unspecified atom stereocenters. The highest BCUT2D eigenvalue weighted by molar-refractivity contribution is 5.79. The van der Waals surface area contributed by atoms with E-state index in [0.717, 1.165) is 37.2 Å². The first-order chi connectivity index (χ1) is 17.5. The monoisotopic (exact) mass is 486 g/mol. The van der Waals surface area contributed by atoms with Gasteiger partial charge in [0, 0.05) is 37.6 Å². The van der Waals surface area contributed by atoms with Gasteiger partial charge < -0.3 is 4.90 Å². The van der Waals surface area contributed by atoms with E-state index in [1.54, 1.807) is 23.6 Å². The van der Waals surface area contributed by atoms with E-state index in [0.29, 0.717) is 35.7 Å². The number of halogens is 1. The zero-order valence-corrected chi connectivity index (χ0v) is 20.1. The van der Waals surface area contributed by atoms with Crippen molar-refractivity contribution in [3.63, 3.8) is 0 Å². The smallest absolute Gasteiger partial charge is 0.302 e. The van der Waals surface area contributed by atoms with Crippen LogP contribution < -0.4 is 11.2 Å². The highest BCUT2D eigenvalue weighted by atomic mass is 19.1. The highest BCUT2D eigenvalue weighted by Gasteiger charge is 2.23. The van der Waals surface area contributed by atoms with Crippen LogP contribution in [-0.4, -0.2) is 47.6 Å². The Morgan fingerprint density at radius 3 is 2.36 bits per heavy atom. The van der Waals surface area contributed by atoms with Crippen LogP contribution in [0.25, 0.3) is 33.9 Å². The van der Waals surface area contributed by atoms with Crippen LogP contribution in [0.4, 0.5) is 4.39 Å². The molecule has 1 saturated heterocycles. The van der Waals surface area contributed by atoms with E-state index in [-0.39, 0.29) is 17.1 Å². The summed E-state index contributed by atoms with van der Waals surface area (Å²) in [5, 5.41) is 0. The summed E-state index contributed by atoms with van der Waals surface area (Å²) >= 11 is 0. The third-order valence-corrected chi connectivity index (χ3v) is 7.09. The van der Waals surface area contributed by atoms with Crippen LogP contribution in [0, 0.1) is 5.82 Å². The van der Waals surface area contributed by atoms with Gasteiger partial charge in [-0.2, -0.15) is 4.98 Å². The fraction of sp³-hybridized carbons (Fsp3) is 0.296. The Kier molecular flexibility index (Phi) is 5.56. The van der Waals surface area contributed by atoms with Gasteiger partial charge in [-0.3, -0.25) is 22.9 Å². The molecule has 3 aromatic heterocycles. The Bertz CT molecular complexity index is 1670. The van der Waals surface area contributed by atoms with Crippen molar-refractivity contribution >= 4 is 16.9 Å². The van der Waals surface area contributed by atoms with Crippen LogP contribution in [0.15, 0.2) is 70.4 Å². The predicted molar refractivity (Wildman–Crippen MR) is 137 cm³/mol. The van der Waals surface area contributed by atoms with E-state index in [1.807, 2.05) is 41.1 Å². The van der Waals surface area contributed by atoms with Gasteiger partial charge in [-0.15, -0.1) is 0 Å². The van der Waals surface area contributed by atoms with Crippen molar-refractivity contribution in [3.05, 3.63) is 87.4 Å². The Labute approximate surface area is 206 Å². The molecule has 0 atom stereocenters. The van der Waals surface area contributed by atoms with Crippen molar-refractivity contribution in [2.45, 2.75) is 25.8 Å². The van der Waals surface area contributed by atoms with Gasteiger partial charge in [-0.05, 0) is 50.2 Å². The summed E-state index contributed by atoms with van der Waals surface area (Å²) in [6, 6.07) is 15.9. The van der Waals surface area contributed by atoms with E-state index < -0.39 is 0 Å². The summed E-state index contributed by atoms with van der Waals surface area (Å²) in [6.45, 7) is 2.98. The molecular formula is C27H27FN6O2. The zero-order valence-electron chi connectivity index (χ0n) is 20.1. The summed E-state index contributed by atoms with van der Waals surface area (Å²) in [6.07, 6.45) is 5.39. The Balaban J connectivity index is 1.57. The van der Waals surface area contributed by atoms with Crippen molar-refractivity contribution in [3.8, 4) is 16.9 Å². The summed E-state index contributed by atoms with van der Waals surface area (Å²) < 4.78 is 20.1. The average Bonchev–Trinajstić information content (AvgIpc) is 3.46.